The number of ether oxygens (including phenoxy) is 1. The van der Waals surface area contributed by atoms with E-state index < -0.39 is 11.5 Å². The number of carbonyl (C=O) groups excluding carboxylic acids is 1. The maximum absolute atomic E-state index is 12.5. The highest BCUT2D eigenvalue weighted by atomic mass is 35.5. The molecule has 5 heteroatoms. The van der Waals surface area contributed by atoms with E-state index in [2.05, 4.69) is 5.32 Å². The number of hydrogen-bond acceptors (Lipinski definition) is 2. The largest absolute Gasteiger partial charge is 0.457 e. The Hall–Kier alpha value is -2.07. The van der Waals surface area contributed by atoms with E-state index in [0.29, 0.717) is 18.7 Å². The highest BCUT2D eigenvalue weighted by Gasteiger charge is 2.12. The lowest BCUT2D eigenvalue weighted by atomic mass is 10.1. The molecular weight excluding hydrogens is 305 g/mol. The molecule has 1 unspecified atom stereocenters. The van der Waals surface area contributed by atoms with Crippen molar-refractivity contribution in [2.75, 3.05) is 6.54 Å². The summed E-state index contributed by atoms with van der Waals surface area (Å²) in [6.45, 7) is 2.30. The predicted octanol–water partition coefficient (Wildman–Crippen LogP) is 3.98. The van der Waals surface area contributed by atoms with Crippen LogP contribution >= 0.6 is 11.6 Å². The first-order chi connectivity index (χ1) is 10.6. The molecule has 0 fully saturated rings. The van der Waals surface area contributed by atoms with E-state index in [0.717, 1.165) is 16.9 Å². The molecule has 0 heterocycles. The van der Waals surface area contributed by atoms with Gasteiger partial charge in [0.2, 0.25) is 0 Å². The highest BCUT2D eigenvalue weighted by Crippen LogP contribution is 2.25. The minimum Gasteiger partial charge on any atom is -0.457 e. The van der Waals surface area contributed by atoms with E-state index in [4.69, 9.17) is 16.3 Å². The second-order valence-electron chi connectivity index (χ2n) is 4.86. The average molecular weight is 322 g/mol. The third kappa shape index (κ3) is 4.74. The lowest BCUT2D eigenvalue weighted by Crippen LogP contribution is -2.30. The number of amides is 1. The standard InChI is InChI=1S/C17H17ClFNO2/c1-12-6-8-14(9-7-12)22-15-5-3-2-4-13(15)10-11-20-17(21)16(18)19/h2-9,16H,10-11H2,1H3,(H,20,21). The third-order valence-electron chi connectivity index (χ3n) is 3.11. The van der Waals surface area contributed by atoms with Crippen molar-refractivity contribution in [2.24, 2.45) is 0 Å². The number of benzene rings is 2. The summed E-state index contributed by atoms with van der Waals surface area (Å²) in [5, 5.41) is 2.43. The molecule has 1 amide bonds. The summed E-state index contributed by atoms with van der Waals surface area (Å²) in [5.74, 6) is 0.633. The van der Waals surface area contributed by atoms with Crippen molar-refractivity contribution in [1.82, 2.24) is 5.32 Å². The number of para-hydroxylation sites is 1. The highest BCUT2D eigenvalue weighted by molar-refractivity contribution is 6.29. The van der Waals surface area contributed by atoms with Crippen LogP contribution in [0.4, 0.5) is 4.39 Å². The zero-order chi connectivity index (χ0) is 15.9. The molecule has 0 saturated heterocycles. The van der Waals surface area contributed by atoms with Crippen LogP contribution in [-0.4, -0.2) is 18.1 Å². The SMILES string of the molecule is Cc1ccc(Oc2ccccc2CCNC(=O)C(F)Cl)cc1. The van der Waals surface area contributed by atoms with Crippen LogP contribution in [0.5, 0.6) is 11.5 Å². The number of nitrogens with one attached hydrogen (secondary N) is 1. The van der Waals surface area contributed by atoms with Crippen LogP contribution in [0.15, 0.2) is 48.5 Å². The molecule has 1 N–H and O–H groups in total. The fourth-order valence-electron chi connectivity index (χ4n) is 1.94. The van der Waals surface area contributed by atoms with Gasteiger partial charge in [-0.2, -0.15) is 0 Å². The maximum Gasteiger partial charge on any atom is 0.270 e. The second kappa shape index (κ2) is 7.80. The Morgan fingerprint density at radius 1 is 1.23 bits per heavy atom. The quantitative estimate of drug-likeness (QED) is 0.817. The Kier molecular flexibility index (Phi) is 5.78. The topological polar surface area (TPSA) is 38.3 Å². The summed E-state index contributed by atoms with van der Waals surface area (Å²) in [6.07, 6.45) is 0.525. The molecule has 0 saturated carbocycles. The smallest absolute Gasteiger partial charge is 0.270 e. The van der Waals surface area contributed by atoms with Crippen LogP contribution in [0.2, 0.25) is 0 Å². The van der Waals surface area contributed by atoms with E-state index in [9.17, 15) is 9.18 Å². The zero-order valence-electron chi connectivity index (χ0n) is 12.2. The maximum atomic E-state index is 12.5. The molecule has 116 valence electrons. The average Bonchev–Trinajstić information content (AvgIpc) is 2.51. The van der Waals surface area contributed by atoms with Crippen molar-refractivity contribution in [2.45, 2.75) is 19.0 Å². The number of hydrogen-bond donors (Lipinski definition) is 1. The monoisotopic (exact) mass is 321 g/mol. The zero-order valence-corrected chi connectivity index (χ0v) is 12.9. The Labute approximate surface area is 134 Å². The van der Waals surface area contributed by atoms with Gasteiger partial charge in [-0.1, -0.05) is 47.5 Å². The minimum atomic E-state index is -2.01. The number of carbonyl (C=O) groups is 1. The Bertz CT molecular complexity index is 629. The lowest BCUT2D eigenvalue weighted by molar-refractivity contribution is -0.123. The van der Waals surface area contributed by atoms with Gasteiger partial charge in [-0.05, 0) is 37.1 Å². The lowest BCUT2D eigenvalue weighted by Gasteiger charge is -2.12. The first kappa shape index (κ1) is 16.3. The van der Waals surface area contributed by atoms with Crippen LogP contribution in [-0.2, 0) is 11.2 Å². The van der Waals surface area contributed by atoms with Gasteiger partial charge in [0, 0.05) is 6.54 Å². The fourth-order valence-corrected chi connectivity index (χ4v) is 2.02. The summed E-state index contributed by atoms with van der Waals surface area (Å²) in [6, 6.07) is 15.3. The van der Waals surface area contributed by atoms with Crippen molar-refractivity contribution in [3.8, 4) is 11.5 Å². The first-order valence-electron chi connectivity index (χ1n) is 6.94. The molecule has 22 heavy (non-hydrogen) atoms. The van der Waals surface area contributed by atoms with Crippen molar-refractivity contribution in [1.29, 1.82) is 0 Å². The van der Waals surface area contributed by atoms with Crippen LogP contribution in [0.3, 0.4) is 0 Å². The molecule has 2 aromatic carbocycles. The number of alkyl halides is 2. The Morgan fingerprint density at radius 3 is 2.59 bits per heavy atom. The van der Waals surface area contributed by atoms with Crippen LogP contribution < -0.4 is 10.1 Å². The molecule has 3 nitrogen and oxygen atoms in total. The molecule has 0 aromatic heterocycles. The van der Waals surface area contributed by atoms with Crippen LogP contribution in [0, 0.1) is 6.92 Å². The summed E-state index contributed by atoms with van der Waals surface area (Å²) >= 11 is 5.06. The van der Waals surface area contributed by atoms with Crippen LogP contribution in [0.1, 0.15) is 11.1 Å². The Morgan fingerprint density at radius 2 is 1.91 bits per heavy atom. The van der Waals surface area contributed by atoms with E-state index in [1.54, 1.807) is 0 Å². The van der Waals surface area contributed by atoms with Gasteiger partial charge in [-0.15, -0.1) is 0 Å². The normalized spacial score (nSPS) is 11.8. The molecule has 0 aliphatic rings. The molecule has 1 atom stereocenters. The van der Waals surface area contributed by atoms with E-state index in [1.807, 2.05) is 55.5 Å². The number of halogens is 2. The number of rotatable bonds is 6. The first-order valence-corrected chi connectivity index (χ1v) is 7.38. The van der Waals surface area contributed by atoms with Gasteiger partial charge in [0.05, 0.1) is 0 Å². The molecule has 2 rings (SSSR count). The van der Waals surface area contributed by atoms with Gasteiger partial charge < -0.3 is 10.1 Å². The summed E-state index contributed by atoms with van der Waals surface area (Å²) in [5.41, 5.74) is 0.0672. The van der Waals surface area contributed by atoms with Crippen LogP contribution in [0.25, 0.3) is 0 Å². The van der Waals surface area contributed by atoms with Gasteiger partial charge in [0.1, 0.15) is 11.5 Å². The molecule has 0 radical (unpaired) electrons. The van der Waals surface area contributed by atoms with E-state index in [-0.39, 0.29) is 0 Å². The summed E-state index contributed by atoms with van der Waals surface area (Å²) in [4.78, 5) is 11.1. The second-order valence-corrected chi connectivity index (χ2v) is 5.25. The van der Waals surface area contributed by atoms with Crippen molar-refractivity contribution in [3.05, 3.63) is 59.7 Å². The van der Waals surface area contributed by atoms with Crippen molar-refractivity contribution >= 4 is 17.5 Å². The van der Waals surface area contributed by atoms with Gasteiger partial charge in [0.15, 0.2) is 0 Å². The van der Waals surface area contributed by atoms with E-state index >= 15 is 0 Å². The molecular formula is C17H17ClFNO2. The molecule has 0 bridgehead atoms. The van der Waals surface area contributed by atoms with Gasteiger partial charge in [-0.25, -0.2) is 4.39 Å². The molecule has 2 aromatic rings. The predicted molar refractivity (Wildman–Crippen MR) is 85.2 cm³/mol. The third-order valence-corrected chi connectivity index (χ3v) is 3.31. The van der Waals surface area contributed by atoms with Crippen molar-refractivity contribution < 1.29 is 13.9 Å². The summed E-state index contributed by atoms with van der Waals surface area (Å²) in [7, 11) is 0. The summed E-state index contributed by atoms with van der Waals surface area (Å²) < 4.78 is 18.4. The Balaban J connectivity index is 2.00. The van der Waals surface area contributed by atoms with Crippen molar-refractivity contribution in [3.63, 3.8) is 0 Å². The fraction of sp³-hybridized carbons (Fsp3) is 0.235. The number of aryl methyl sites for hydroxylation is 1. The molecule has 0 aliphatic heterocycles. The van der Waals surface area contributed by atoms with E-state index in [1.165, 1.54) is 0 Å². The van der Waals surface area contributed by atoms with Gasteiger partial charge >= 0.3 is 0 Å². The molecule has 0 spiro atoms. The molecule has 0 aliphatic carbocycles. The van der Waals surface area contributed by atoms with Gasteiger partial charge in [0.25, 0.3) is 11.5 Å². The minimum absolute atomic E-state index is 0.292. The van der Waals surface area contributed by atoms with Gasteiger partial charge in [-0.3, -0.25) is 4.79 Å².